The number of rotatable bonds is 8. The Hall–Kier alpha value is -2.95. The molecule has 5 nitrogen and oxygen atoms in total. The molecule has 0 fully saturated rings. The van der Waals surface area contributed by atoms with Crippen LogP contribution >= 0.6 is 0 Å². The highest BCUT2D eigenvalue weighted by Gasteiger charge is 2.22. The average molecular weight is 362 g/mol. The maximum atomic E-state index is 13.0. The van der Waals surface area contributed by atoms with E-state index in [2.05, 4.69) is 36.3 Å². The Bertz CT molecular complexity index is 872. The molecule has 1 N–H and O–H groups in total. The summed E-state index contributed by atoms with van der Waals surface area (Å²) in [6.45, 7) is 5.35. The van der Waals surface area contributed by atoms with Crippen molar-refractivity contribution in [3.05, 3.63) is 82.9 Å². The van der Waals surface area contributed by atoms with Crippen LogP contribution < -0.4 is 5.32 Å². The van der Waals surface area contributed by atoms with Gasteiger partial charge in [-0.1, -0.05) is 50.6 Å². The predicted molar refractivity (Wildman–Crippen MR) is 107 cm³/mol. The summed E-state index contributed by atoms with van der Waals surface area (Å²) in [5, 5.41) is 7.83. The Morgan fingerprint density at radius 1 is 1.04 bits per heavy atom. The van der Waals surface area contributed by atoms with Gasteiger partial charge in [0.25, 0.3) is 5.91 Å². The molecule has 0 radical (unpaired) electrons. The number of nitrogens with one attached hydrogen (secondary N) is 1. The highest BCUT2D eigenvalue weighted by molar-refractivity contribution is 5.96. The second kappa shape index (κ2) is 9.12. The van der Waals surface area contributed by atoms with Crippen LogP contribution in [-0.4, -0.2) is 20.7 Å². The fourth-order valence-corrected chi connectivity index (χ4v) is 3.24. The summed E-state index contributed by atoms with van der Waals surface area (Å²) in [6.07, 6.45) is 5.99. The molecule has 5 heteroatoms. The number of carbonyl (C=O) groups is 1. The number of hydrogen-bond donors (Lipinski definition) is 1. The second-order valence-electron chi connectivity index (χ2n) is 6.55. The minimum absolute atomic E-state index is 0.0496. The van der Waals surface area contributed by atoms with E-state index in [1.54, 1.807) is 12.4 Å². The molecule has 2 heterocycles. The number of aryl methyl sites for hydroxylation is 1. The number of carbonyl (C=O) groups excluding carboxylic acids is 1. The molecule has 140 valence electrons. The number of aromatic nitrogens is 3. The Kier molecular flexibility index (Phi) is 6.36. The number of hydrogen-bond acceptors (Lipinski definition) is 3. The van der Waals surface area contributed by atoms with Crippen molar-refractivity contribution in [1.29, 1.82) is 0 Å². The van der Waals surface area contributed by atoms with Crippen molar-refractivity contribution < 1.29 is 4.79 Å². The molecule has 0 aliphatic rings. The van der Waals surface area contributed by atoms with Crippen molar-refractivity contribution in [2.75, 3.05) is 0 Å². The van der Waals surface area contributed by atoms with E-state index in [4.69, 9.17) is 5.10 Å². The van der Waals surface area contributed by atoms with Crippen LogP contribution in [0.4, 0.5) is 0 Å². The molecule has 27 heavy (non-hydrogen) atoms. The summed E-state index contributed by atoms with van der Waals surface area (Å²) in [5.74, 6) is -0.0496. The molecule has 2 aromatic heterocycles. The minimum Gasteiger partial charge on any atom is -0.348 e. The van der Waals surface area contributed by atoms with Crippen LogP contribution in [0, 0.1) is 0 Å². The zero-order chi connectivity index (χ0) is 19.1. The zero-order valence-corrected chi connectivity index (χ0v) is 16.0. The van der Waals surface area contributed by atoms with Gasteiger partial charge in [0.15, 0.2) is 0 Å². The van der Waals surface area contributed by atoms with Crippen molar-refractivity contribution in [1.82, 2.24) is 20.1 Å². The SMILES string of the molecule is CCCc1nn(Cc2ccccc2)c(CC)c1C(=O)NCc1ccncc1. The normalized spacial score (nSPS) is 10.7. The first-order valence-electron chi connectivity index (χ1n) is 9.52. The molecule has 0 saturated carbocycles. The van der Waals surface area contributed by atoms with Crippen LogP contribution in [0.5, 0.6) is 0 Å². The van der Waals surface area contributed by atoms with Gasteiger partial charge in [0, 0.05) is 18.9 Å². The molecule has 1 aromatic carbocycles. The maximum Gasteiger partial charge on any atom is 0.255 e. The third-order valence-electron chi connectivity index (χ3n) is 4.56. The van der Waals surface area contributed by atoms with Gasteiger partial charge in [0.1, 0.15) is 0 Å². The molecule has 0 saturated heterocycles. The molecule has 3 aromatic rings. The molecule has 0 aliphatic heterocycles. The molecule has 1 amide bonds. The Labute approximate surface area is 160 Å². The summed E-state index contributed by atoms with van der Waals surface area (Å²) < 4.78 is 1.99. The largest absolute Gasteiger partial charge is 0.348 e. The standard InChI is InChI=1S/C22H26N4O/c1-3-8-19-21(22(27)24-15-17-11-13-23-14-12-17)20(4-2)26(25-19)16-18-9-6-5-7-10-18/h5-7,9-14H,3-4,8,15-16H2,1-2H3,(H,24,27). The monoisotopic (exact) mass is 362 g/mol. The summed E-state index contributed by atoms with van der Waals surface area (Å²) in [4.78, 5) is 17.0. The smallest absolute Gasteiger partial charge is 0.255 e. The van der Waals surface area contributed by atoms with Gasteiger partial charge in [-0.3, -0.25) is 14.5 Å². The fraction of sp³-hybridized carbons (Fsp3) is 0.318. The van der Waals surface area contributed by atoms with Crippen LogP contribution in [-0.2, 0) is 25.9 Å². The van der Waals surface area contributed by atoms with E-state index in [0.717, 1.165) is 41.8 Å². The van der Waals surface area contributed by atoms with E-state index in [1.165, 1.54) is 5.56 Å². The molecule has 0 atom stereocenters. The lowest BCUT2D eigenvalue weighted by Gasteiger charge is -2.09. The fourth-order valence-electron chi connectivity index (χ4n) is 3.24. The molecule has 3 rings (SSSR count). The van der Waals surface area contributed by atoms with Crippen LogP contribution in [0.15, 0.2) is 54.9 Å². The van der Waals surface area contributed by atoms with Crippen molar-refractivity contribution in [3.63, 3.8) is 0 Å². The first-order valence-corrected chi connectivity index (χ1v) is 9.52. The molecule has 0 spiro atoms. The second-order valence-corrected chi connectivity index (χ2v) is 6.55. The number of pyridine rings is 1. The van der Waals surface area contributed by atoms with Gasteiger partial charge in [0.05, 0.1) is 23.5 Å². The Morgan fingerprint density at radius 3 is 2.44 bits per heavy atom. The van der Waals surface area contributed by atoms with Crippen LogP contribution in [0.3, 0.4) is 0 Å². The van der Waals surface area contributed by atoms with Crippen LogP contribution in [0.1, 0.15) is 53.1 Å². The lowest BCUT2D eigenvalue weighted by molar-refractivity contribution is 0.0949. The van der Waals surface area contributed by atoms with Crippen molar-refractivity contribution in [3.8, 4) is 0 Å². The highest BCUT2D eigenvalue weighted by Crippen LogP contribution is 2.19. The Morgan fingerprint density at radius 2 is 1.78 bits per heavy atom. The predicted octanol–water partition coefficient (Wildman–Crippen LogP) is 3.77. The van der Waals surface area contributed by atoms with Crippen LogP contribution in [0.2, 0.25) is 0 Å². The quantitative estimate of drug-likeness (QED) is 0.663. The average Bonchev–Trinajstić information content (AvgIpc) is 3.05. The van der Waals surface area contributed by atoms with E-state index in [-0.39, 0.29) is 5.91 Å². The summed E-state index contributed by atoms with van der Waals surface area (Å²) in [6, 6.07) is 14.1. The summed E-state index contributed by atoms with van der Waals surface area (Å²) >= 11 is 0. The lowest BCUT2D eigenvalue weighted by atomic mass is 10.1. The number of benzene rings is 1. The van der Waals surface area contributed by atoms with E-state index in [1.807, 2.05) is 35.0 Å². The van der Waals surface area contributed by atoms with Crippen LogP contribution in [0.25, 0.3) is 0 Å². The lowest BCUT2D eigenvalue weighted by Crippen LogP contribution is -2.25. The van der Waals surface area contributed by atoms with Gasteiger partial charge < -0.3 is 5.32 Å². The topological polar surface area (TPSA) is 59.8 Å². The summed E-state index contributed by atoms with van der Waals surface area (Å²) in [5.41, 5.74) is 4.84. The third kappa shape index (κ3) is 4.61. The molecular formula is C22H26N4O. The van der Waals surface area contributed by atoms with Gasteiger partial charge in [-0.05, 0) is 36.1 Å². The van der Waals surface area contributed by atoms with Gasteiger partial charge >= 0.3 is 0 Å². The highest BCUT2D eigenvalue weighted by atomic mass is 16.1. The van der Waals surface area contributed by atoms with Crippen molar-refractivity contribution in [2.24, 2.45) is 0 Å². The van der Waals surface area contributed by atoms with Crippen molar-refractivity contribution in [2.45, 2.75) is 46.2 Å². The first kappa shape index (κ1) is 18.8. The van der Waals surface area contributed by atoms with E-state index < -0.39 is 0 Å². The Balaban J connectivity index is 1.86. The zero-order valence-electron chi connectivity index (χ0n) is 16.0. The number of amides is 1. The maximum absolute atomic E-state index is 13.0. The minimum atomic E-state index is -0.0496. The molecule has 0 bridgehead atoms. The molecular weight excluding hydrogens is 336 g/mol. The van der Waals surface area contributed by atoms with Gasteiger partial charge in [-0.2, -0.15) is 5.10 Å². The van der Waals surface area contributed by atoms with Gasteiger partial charge in [0.2, 0.25) is 0 Å². The third-order valence-corrected chi connectivity index (χ3v) is 4.56. The summed E-state index contributed by atoms with van der Waals surface area (Å²) in [7, 11) is 0. The van der Waals surface area contributed by atoms with E-state index >= 15 is 0 Å². The molecule has 0 unspecified atom stereocenters. The van der Waals surface area contributed by atoms with Gasteiger partial charge in [-0.15, -0.1) is 0 Å². The van der Waals surface area contributed by atoms with Gasteiger partial charge in [-0.25, -0.2) is 0 Å². The van der Waals surface area contributed by atoms with E-state index in [0.29, 0.717) is 13.1 Å². The molecule has 0 aliphatic carbocycles. The van der Waals surface area contributed by atoms with Crippen molar-refractivity contribution >= 4 is 5.91 Å². The number of nitrogens with zero attached hydrogens (tertiary/aromatic N) is 3. The first-order chi connectivity index (χ1) is 13.2. The van der Waals surface area contributed by atoms with E-state index in [9.17, 15) is 4.79 Å².